The number of halogens is 1. The lowest BCUT2D eigenvalue weighted by Gasteiger charge is -2.29. The zero-order chi connectivity index (χ0) is 12.4. The summed E-state index contributed by atoms with van der Waals surface area (Å²) in [5, 5.41) is 0. The minimum absolute atomic E-state index is 0.199. The summed E-state index contributed by atoms with van der Waals surface area (Å²) < 4.78 is 13.8. The van der Waals surface area contributed by atoms with Gasteiger partial charge in [0.05, 0.1) is 0 Å². The van der Waals surface area contributed by atoms with E-state index in [1.54, 1.807) is 6.07 Å². The van der Waals surface area contributed by atoms with Gasteiger partial charge in [-0.1, -0.05) is 6.07 Å². The monoisotopic (exact) mass is 254 g/mol. The lowest BCUT2D eigenvalue weighted by molar-refractivity contribution is 0.589. The van der Waals surface area contributed by atoms with Crippen LogP contribution in [0.1, 0.15) is 24.9 Å². The first-order valence-electron chi connectivity index (χ1n) is 5.96. The molecule has 0 bridgehead atoms. The average Bonchev–Trinajstić information content (AvgIpc) is 2.80. The van der Waals surface area contributed by atoms with Crippen LogP contribution in [0.15, 0.2) is 18.2 Å². The van der Waals surface area contributed by atoms with Crippen molar-refractivity contribution in [3.63, 3.8) is 0 Å². The van der Waals surface area contributed by atoms with Crippen molar-refractivity contribution in [2.75, 3.05) is 23.5 Å². The summed E-state index contributed by atoms with van der Waals surface area (Å²) in [5.74, 6) is 2.11. The predicted octanol–water partition coefficient (Wildman–Crippen LogP) is 2.79. The second-order valence-electron chi connectivity index (χ2n) is 4.59. The Morgan fingerprint density at radius 1 is 1.53 bits per heavy atom. The molecule has 1 unspecified atom stereocenters. The average molecular weight is 254 g/mol. The molecule has 0 radical (unpaired) electrons. The molecule has 1 aliphatic heterocycles. The van der Waals surface area contributed by atoms with Gasteiger partial charge in [-0.2, -0.15) is 11.8 Å². The Labute approximate surface area is 106 Å². The molecule has 1 fully saturated rings. The van der Waals surface area contributed by atoms with Crippen LogP contribution in [0.2, 0.25) is 0 Å². The predicted molar refractivity (Wildman–Crippen MR) is 73.1 cm³/mol. The lowest BCUT2D eigenvalue weighted by atomic mass is 10.0. The molecule has 0 amide bonds. The number of hydrogen-bond acceptors (Lipinski definition) is 3. The molecule has 0 aliphatic carbocycles. The summed E-state index contributed by atoms with van der Waals surface area (Å²) in [6, 6.07) is 5.43. The molecule has 1 saturated heterocycles. The van der Waals surface area contributed by atoms with Crippen LogP contribution in [-0.2, 0) is 0 Å². The van der Waals surface area contributed by atoms with Crippen LogP contribution in [0, 0.1) is 5.82 Å². The molecular formula is C13H19FN2S. The van der Waals surface area contributed by atoms with Gasteiger partial charge in [-0.15, -0.1) is 0 Å². The van der Waals surface area contributed by atoms with Crippen LogP contribution in [0.25, 0.3) is 0 Å². The van der Waals surface area contributed by atoms with Crippen molar-refractivity contribution in [2.45, 2.75) is 25.4 Å². The lowest BCUT2D eigenvalue weighted by Crippen LogP contribution is -2.32. The Morgan fingerprint density at radius 3 is 2.88 bits per heavy atom. The van der Waals surface area contributed by atoms with E-state index in [1.807, 2.05) is 31.8 Å². The fourth-order valence-electron chi connectivity index (χ4n) is 2.31. The van der Waals surface area contributed by atoms with Gasteiger partial charge in [0.15, 0.2) is 0 Å². The Bertz CT molecular complexity index is 389. The van der Waals surface area contributed by atoms with E-state index in [0.29, 0.717) is 11.6 Å². The molecule has 17 heavy (non-hydrogen) atoms. The highest BCUT2D eigenvalue weighted by Crippen LogP contribution is 2.31. The largest absolute Gasteiger partial charge is 0.370 e. The molecule has 2 atom stereocenters. The molecule has 2 rings (SSSR count). The summed E-state index contributed by atoms with van der Waals surface area (Å²) in [4.78, 5) is 2.18. The third-order valence-electron chi connectivity index (χ3n) is 3.32. The first-order valence-corrected chi connectivity index (χ1v) is 7.11. The smallest absolute Gasteiger partial charge is 0.130 e. The van der Waals surface area contributed by atoms with Crippen molar-refractivity contribution in [1.29, 1.82) is 0 Å². The molecule has 1 aliphatic rings. The number of rotatable bonds is 3. The Balaban J connectivity index is 2.33. The van der Waals surface area contributed by atoms with Gasteiger partial charge in [0.25, 0.3) is 0 Å². The first-order chi connectivity index (χ1) is 8.11. The van der Waals surface area contributed by atoms with E-state index < -0.39 is 0 Å². The zero-order valence-electron chi connectivity index (χ0n) is 10.3. The summed E-state index contributed by atoms with van der Waals surface area (Å²) in [5.41, 5.74) is 7.45. The SMILES string of the molecule is C[C@@H](N)c1c(F)cccc1N(C)C1CCSC1. The molecule has 94 valence electrons. The molecule has 2 N–H and O–H groups in total. The number of thioether (sulfide) groups is 1. The molecule has 1 heterocycles. The Kier molecular flexibility index (Phi) is 3.94. The van der Waals surface area contributed by atoms with E-state index >= 15 is 0 Å². The second kappa shape index (κ2) is 5.27. The van der Waals surface area contributed by atoms with E-state index in [1.165, 1.54) is 11.8 Å². The number of nitrogens with two attached hydrogens (primary N) is 1. The van der Waals surface area contributed by atoms with Crippen LogP contribution < -0.4 is 10.6 Å². The van der Waals surface area contributed by atoms with E-state index in [2.05, 4.69) is 4.90 Å². The van der Waals surface area contributed by atoms with Crippen LogP contribution in [0.4, 0.5) is 10.1 Å². The number of nitrogens with zero attached hydrogens (tertiary/aromatic N) is 1. The second-order valence-corrected chi connectivity index (χ2v) is 5.74. The van der Waals surface area contributed by atoms with Gasteiger partial charge < -0.3 is 10.6 Å². The number of hydrogen-bond donors (Lipinski definition) is 1. The molecule has 0 aromatic heterocycles. The molecule has 0 spiro atoms. The van der Waals surface area contributed by atoms with Crippen molar-refractivity contribution in [2.24, 2.45) is 5.73 Å². The first kappa shape index (κ1) is 12.7. The summed E-state index contributed by atoms with van der Waals surface area (Å²) in [6.45, 7) is 1.83. The summed E-state index contributed by atoms with van der Waals surface area (Å²) in [6.07, 6.45) is 1.16. The van der Waals surface area contributed by atoms with Crippen molar-refractivity contribution in [3.8, 4) is 0 Å². The molecule has 4 heteroatoms. The quantitative estimate of drug-likeness (QED) is 0.899. The van der Waals surface area contributed by atoms with Gasteiger partial charge in [0.1, 0.15) is 5.82 Å². The molecule has 2 nitrogen and oxygen atoms in total. The van der Waals surface area contributed by atoms with Crippen LogP contribution >= 0.6 is 11.8 Å². The molecule has 1 aromatic rings. The van der Waals surface area contributed by atoms with E-state index in [9.17, 15) is 4.39 Å². The maximum Gasteiger partial charge on any atom is 0.130 e. The highest BCUT2D eigenvalue weighted by Gasteiger charge is 2.23. The van der Waals surface area contributed by atoms with Gasteiger partial charge in [0, 0.05) is 36.1 Å². The fraction of sp³-hybridized carbons (Fsp3) is 0.538. The summed E-state index contributed by atoms with van der Waals surface area (Å²) >= 11 is 1.96. The molecule has 0 saturated carbocycles. The maximum atomic E-state index is 13.8. The fourth-order valence-corrected chi connectivity index (χ4v) is 3.58. The van der Waals surface area contributed by atoms with Gasteiger partial charge in [0.2, 0.25) is 0 Å². The van der Waals surface area contributed by atoms with Crippen LogP contribution in [0.3, 0.4) is 0 Å². The van der Waals surface area contributed by atoms with Crippen LogP contribution in [-0.4, -0.2) is 24.6 Å². The van der Waals surface area contributed by atoms with Gasteiger partial charge in [-0.25, -0.2) is 4.39 Å². The standard InChI is InChI=1S/C13H19FN2S/c1-9(15)13-11(14)4-3-5-12(13)16(2)10-6-7-17-8-10/h3-5,9-10H,6-8,15H2,1-2H3/t9-,10?/m1/s1. The third-order valence-corrected chi connectivity index (χ3v) is 4.46. The third kappa shape index (κ3) is 2.58. The van der Waals surface area contributed by atoms with Gasteiger partial charge >= 0.3 is 0 Å². The summed E-state index contributed by atoms with van der Waals surface area (Å²) in [7, 11) is 2.04. The topological polar surface area (TPSA) is 29.3 Å². The Morgan fingerprint density at radius 2 is 2.29 bits per heavy atom. The Hall–Kier alpha value is -0.740. The minimum Gasteiger partial charge on any atom is -0.370 e. The molecular weight excluding hydrogens is 235 g/mol. The zero-order valence-corrected chi connectivity index (χ0v) is 11.1. The van der Waals surface area contributed by atoms with Crippen molar-refractivity contribution in [1.82, 2.24) is 0 Å². The van der Waals surface area contributed by atoms with Gasteiger partial charge in [-0.05, 0) is 31.2 Å². The minimum atomic E-state index is -0.275. The van der Waals surface area contributed by atoms with Crippen molar-refractivity contribution >= 4 is 17.4 Å². The van der Waals surface area contributed by atoms with E-state index in [4.69, 9.17) is 5.73 Å². The normalized spacial score (nSPS) is 21.5. The van der Waals surface area contributed by atoms with E-state index in [-0.39, 0.29) is 11.9 Å². The van der Waals surface area contributed by atoms with Crippen LogP contribution in [0.5, 0.6) is 0 Å². The molecule has 1 aromatic carbocycles. The van der Waals surface area contributed by atoms with Gasteiger partial charge in [-0.3, -0.25) is 0 Å². The van der Waals surface area contributed by atoms with Crippen molar-refractivity contribution in [3.05, 3.63) is 29.6 Å². The van der Waals surface area contributed by atoms with Crippen molar-refractivity contribution < 1.29 is 4.39 Å². The highest BCUT2D eigenvalue weighted by atomic mass is 32.2. The highest BCUT2D eigenvalue weighted by molar-refractivity contribution is 7.99. The van der Waals surface area contributed by atoms with E-state index in [0.717, 1.165) is 17.9 Å². The number of anilines is 1. The maximum absolute atomic E-state index is 13.8. The number of benzene rings is 1.